The molecule has 0 bridgehead atoms. The number of para-hydroxylation sites is 1. The number of carbonyl (C=O) groups is 1. The van der Waals surface area contributed by atoms with Gasteiger partial charge in [0.2, 0.25) is 0 Å². The molecule has 0 fully saturated rings. The molecule has 0 amide bonds. The van der Waals surface area contributed by atoms with Crippen molar-refractivity contribution < 1.29 is 9.90 Å². The normalized spacial score (nSPS) is 10.5. The minimum absolute atomic E-state index is 0.238. The molecule has 0 atom stereocenters. The van der Waals surface area contributed by atoms with Gasteiger partial charge in [-0.1, -0.05) is 24.3 Å². The molecule has 1 heterocycles. The fourth-order valence-corrected chi connectivity index (χ4v) is 2.23. The van der Waals surface area contributed by atoms with E-state index in [-0.39, 0.29) is 5.56 Å². The zero-order chi connectivity index (χ0) is 14.8. The van der Waals surface area contributed by atoms with Gasteiger partial charge < -0.3 is 10.4 Å². The number of fused-ring (bicyclic) bond motifs is 1. The van der Waals surface area contributed by atoms with Crippen LogP contribution in [0.5, 0.6) is 0 Å². The highest BCUT2D eigenvalue weighted by Gasteiger charge is 2.09. The number of aromatic nitrogens is 1. The first-order valence-electron chi connectivity index (χ1n) is 6.59. The zero-order valence-corrected chi connectivity index (χ0v) is 11.5. The average Bonchev–Trinajstić information content (AvgIpc) is 2.48. The molecule has 21 heavy (non-hydrogen) atoms. The van der Waals surface area contributed by atoms with Crippen molar-refractivity contribution in [1.82, 2.24) is 4.98 Å². The van der Waals surface area contributed by atoms with E-state index in [9.17, 15) is 9.90 Å². The summed E-state index contributed by atoms with van der Waals surface area (Å²) in [5.74, 6) is -0.956. The van der Waals surface area contributed by atoms with E-state index >= 15 is 0 Å². The lowest BCUT2D eigenvalue weighted by Crippen LogP contribution is -2.02. The topological polar surface area (TPSA) is 62.2 Å². The van der Waals surface area contributed by atoms with Crippen molar-refractivity contribution in [2.24, 2.45) is 0 Å². The molecule has 2 N–H and O–H groups in total. The second kappa shape index (κ2) is 5.25. The van der Waals surface area contributed by atoms with Gasteiger partial charge in [-0.3, -0.25) is 4.98 Å². The molecule has 104 valence electrons. The van der Waals surface area contributed by atoms with Crippen LogP contribution in [0.25, 0.3) is 10.9 Å². The third-order valence-electron chi connectivity index (χ3n) is 3.28. The first kappa shape index (κ1) is 13.1. The fourth-order valence-electron chi connectivity index (χ4n) is 2.23. The van der Waals surface area contributed by atoms with E-state index in [4.69, 9.17) is 0 Å². The minimum atomic E-state index is -0.956. The van der Waals surface area contributed by atoms with E-state index in [0.29, 0.717) is 5.69 Å². The molecule has 0 aliphatic rings. The van der Waals surface area contributed by atoms with Crippen molar-refractivity contribution in [1.29, 1.82) is 0 Å². The highest BCUT2D eigenvalue weighted by atomic mass is 16.4. The van der Waals surface area contributed by atoms with Crippen LogP contribution in [-0.4, -0.2) is 16.1 Å². The second-order valence-corrected chi connectivity index (χ2v) is 4.90. The summed E-state index contributed by atoms with van der Waals surface area (Å²) < 4.78 is 0. The number of hydrogen-bond donors (Lipinski definition) is 2. The third kappa shape index (κ3) is 2.69. The number of aromatic carboxylic acids is 1. The Kier molecular flexibility index (Phi) is 3.28. The molecular formula is C17H14N2O2. The van der Waals surface area contributed by atoms with Crippen molar-refractivity contribution >= 4 is 28.2 Å². The van der Waals surface area contributed by atoms with Gasteiger partial charge in [0, 0.05) is 5.39 Å². The number of aryl methyl sites for hydroxylation is 1. The molecule has 2 aromatic carbocycles. The van der Waals surface area contributed by atoms with Gasteiger partial charge in [-0.15, -0.1) is 0 Å². The highest BCUT2D eigenvalue weighted by Crippen LogP contribution is 2.23. The van der Waals surface area contributed by atoms with E-state index in [1.165, 1.54) is 0 Å². The zero-order valence-electron chi connectivity index (χ0n) is 11.5. The lowest BCUT2D eigenvalue weighted by molar-refractivity contribution is 0.0698. The van der Waals surface area contributed by atoms with Gasteiger partial charge >= 0.3 is 5.97 Å². The molecule has 0 aliphatic carbocycles. The molecule has 0 saturated carbocycles. The summed E-state index contributed by atoms with van der Waals surface area (Å²) >= 11 is 0. The van der Waals surface area contributed by atoms with E-state index in [2.05, 4.69) is 10.3 Å². The summed E-state index contributed by atoms with van der Waals surface area (Å²) in [4.78, 5) is 15.6. The Bertz CT molecular complexity index is 828. The molecule has 4 nitrogen and oxygen atoms in total. The summed E-state index contributed by atoms with van der Waals surface area (Å²) in [6, 6.07) is 14.8. The number of rotatable bonds is 3. The summed E-state index contributed by atoms with van der Waals surface area (Å²) in [5, 5.41) is 13.3. The summed E-state index contributed by atoms with van der Waals surface area (Å²) in [7, 11) is 0. The molecule has 0 spiro atoms. The minimum Gasteiger partial charge on any atom is -0.478 e. The van der Waals surface area contributed by atoms with Crippen LogP contribution in [0, 0.1) is 6.92 Å². The molecule has 0 saturated heterocycles. The number of benzene rings is 2. The third-order valence-corrected chi connectivity index (χ3v) is 3.28. The Hall–Kier alpha value is -2.88. The Morgan fingerprint density at radius 2 is 1.95 bits per heavy atom. The SMILES string of the molecule is Cc1ccc2cc(Nc3ccccc3C(=O)O)cnc2c1. The van der Waals surface area contributed by atoms with Crippen LogP contribution in [0.15, 0.2) is 54.7 Å². The molecule has 0 aliphatic heterocycles. The predicted octanol–water partition coefficient (Wildman–Crippen LogP) is 3.99. The lowest BCUT2D eigenvalue weighted by atomic mass is 10.1. The number of anilines is 2. The van der Waals surface area contributed by atoms with Crippen molar-refractivity contribution in [3.05, 3.63) is 65.9 Å². The maximum atomic E-state index is 11.2. The monoisotopic (exact) mass is 278 g/mol. The van der Waals surface area contributed by atoms with Crippen LogP contribution < -0.4 is 5.32 Å². The molecule has 3 aromatic rings. The quantitative estimate of drug-likeness (QED) is 0.760. The van der Waals surface area contributed by atoms with Crippen LogP contribution in [0.2, 0.25) is 0 Å². The first-order chi connectivity index (χ1) is 10.1. The van der Waals surface area contributed by atoms with E-state index in [0.717, 1.165) is 22.2 Å². The van der Waals surface area contributed by atoms with Crippen LogP contribution >= 0.6 is 0 Å². The fraction of sp³-hybridized carbons (Fsp3) is 0.0588. The summed E-state index contributed by atoms with van der Waals surface area (Å²) in [6.45, 7) is 2.02. The van der Waals surface area contributed by atoms with Gasteiger partial charge in [0.15, 0.2) is 0 Å². The van der Waals surface area contributed by atoms with Gasteiger partial charge in [0.1, 0.15) is 0 Å². The van der Waals surface area contributed by atoms with Crippen molar-refractivity contribution in [3.63, 3.8) is 0 Å². The maximum Gasteiger partial charge on any atom is 0.337 e. The second-order valence-electron chi connectivity index (χ2n) is 4.90. The number of carboxylic acid groups (broad SMARTS) is 1. The molecule has 4 heteroatoms. The Morgan fingerprint density at radius 1 is 1.14 bits per heavy atom. The van der Waals surface area contributed by atoms with Crippen molar-refractivity contribution in [2.75, 3.05) is 5.32 Å². The van der Waals surface area contributed by atoms with Gasteiger partial charge in [-0.25, -0.2) is 4.79 Å². The molecule has 3 rings (SSSR count). The predicted molar refractivity (Wildman–Crippen MR) is 83.2 cm³/mol. The van der Waals surface area contributed by atoms with Crippen LogP contribution in [0.3, 0.4) is 0 Å². The molecule has 0 unspecified atom stereocenters. The molecule has 0 radical (unpaired) electrons. The van der Waals surface area contributed by atoms with Gasteiger partial charge in [0.05, 0.1) is 28.7 Å². The number of nitrogens with zero attached hydrogens (tertiary/aromatic N) is 1. The van der Waals surface area contributed by atoms with Gasteiger partial charge in [0.25, 0.3) is 0 Å². The Balaban J connectivity index is 1.99. The number of carboxylic acids is 1. The summed E-state index contributed by atoms with van der Waals surface area (Å²) in [6.07, 6.45) is 1.71. The number of hydrogen-bond acceptors (Lipinski definition) is 3. The number of pyridine rings is 1. The summed E-state index contributed by atoms with van der Waals surface area (Å²) in [5.41, 5.74) is 3.64. The Morgan fingerprint density at radius 3 is 2.76 bits per heavy atom. The molecular weight excluding hydrogens is 264 g/mol. The lowest BCUT2D eigenvalue weighted by Gasteiger charge is -2.10. The standard InChI is InChI=1S/C17H14N2O2/c1-11-6-7-12-9-13(10-18-16(12)8-11)19-15-5-3-2-4-14(15)17(20)21/h2-10,19H,1H3,(H,20,21). The maximum absolute atomic E-state index is 11.2. The highest BCUT2D eigenvalue weighted by molar-refractivity contribution is 5.95. The van der Waals surface area contributed by atoms with Crippen molar-refractivity contribution in [2.45, 2.75) is 6.92 Å². The van der Waals surface area contributed by atoms with Crippen LogP contribution in [0.4, 0.5) is 11.4 Å². The first-order valence-corrected chi connectivity index (χ1v) is 6.59. The largest absolute Gasteiger partial charge is 0.478 e. The Labute approximate surface area is 122 Å². The average molecular weight is 278 g/mol. The van der Waals surface area contributed by atoms with Crippen LogP contribution in [-0.2, 0) is 0 Å². The van der Waals surface area contributed by atoms with E-state index in [1.807, 2.05) is 31.2 Å². The molecule has 1 aromatic heterocycles. The number of nitrogens with one attached hydrogen (secondary N) is 1. The van der Waals surface area contributed by atoms with E-state index < -0.39 is 5.97 Å². The smallest absolute Gasteiger partial charge is 0.337 e. The van der Waals surface area contributed by atoms with Gasteiger partial charge in [-0.2, -0.15) is 0 Å². The van der Waals surface area contributed by atoms with E-state index in [1.54, 1.807) is 30.5 Å². The van der Waals surface area contributed by atoms with Crippen molar-refractivity contribution in [3.8, 4) is 0 Å². The van der Waals surface area contributed by atoms with Gasteiger partial charge in [-0.05, 0) is 36.8 Å². The van der Waals surface area contributed by atoms with Crippen LogP contribution in [0.1, 0.15) is 15.9 Å².